The lowest BCUT2D eigenvalue weighted by molar-refractivity contribution is -0.120. The van der Waals surface area contributed by atoms with Crippen LogP contribution in [-0.2, 0) is 24.2 Å². The molecule has 0 radical (unpaired) electrons. The van der Waals surface area contributed by atoms with Crippen LogP contribution < -0.4 is 10.1 Å². The van der Waals surface area contributed by atoms with E-state index < -0.39 is 0 Å². The minimum Gasteiger partial charge on any atom is -0.497 e. The average Bonchev–Trinajstić information content (AvgIpc) is 3.07. The maximum atomic E-state index is 12.2. The van der Waals surface area contributed by atoms with E-state index in [9.17, 15) is 4.79 Å². The third kappa shape index (κ3) is 5.12. The van der Waals surface area contributed by atoms with Gasteiger partial charge in [-0.1, -0.05) is 37.6 Å². The molecule has 1 heterocycles. The van der Waals surface area contributed by atoms with Crippen LogP contribution in [0.25, 0.3) is 11.0 Å². The highest BCUT2D eigenvalue weighted by Crippen LogP contribution is 2.18. The Labute approximate surface area is 166 Å². The fraction of sp³-hybridized carbons (Fsp3) is 0.391. The highest BCUT2D eigenvalue weighted by Gasteiger charge is 2.10. The number of rotatable bonds is 10. The number of aryl methyl sites for hydroxylation is 2. The van der Waals surface area contributed by atoms with E-state index in [1.165, 1.54) is 5.52 Å². The van der Waals surface area contributed by atoms with Crippen molar-refractivity contribution >= 4 is 16.9 Å². The first kappa shape index (κ1) is 19.9. The van der Waals surface area contributed by atoms with Gasteiger partial charge in [-0.05, 0) is 42.7 Å². The summed E-state index contributed by atoms with van der Waals surface area (Å²) in [5, 5.41) is 3.02. The molecule has 3 rings (SSSR count). The Morgan fingerprint density at radius 3 is 2.64 bits per heavy atom. The monoisotopic (exact) mass is 379 g/mol. The van der Waals surface area contributed by atoms with Gasteiger partial charge in [0, 0.05) is 19.5 Å². The number of unbranched alkanes of at least 4 members (excludes halogenated alkanes) is 1. The van der Waals surface area contributed by atoms with Gasteiger partial charge in [0.2, 0.25) is 5.91 Å². The van der Waals surface area contributed by atoms with Crippen molar-refractivity contribution in [3.05, 3.63) is 59.9 Å². The number of hydrogen-bond acceptors (Lipinski definition) is 3. The quantitative estimate of drug-likeness (QED) is 0.539. The molecular weight excluding hydrogens is 350 g/mol. The Kier molecular flexibility index (Phi) is 7.06. The van der Waals surface area contributed by atoms with Gasteiger partial charge in [-0.25, -0.2) is 4.98 Å². The van der Waals surface area contributed by atoms with Crippen LogP contribution in [0.5, 0.6) is 5.75 Å². The van der Waals surface area contributed by atoms with Crippen LogP contribution in [0.2, 0.25) is 0 Å². The molecule has 0 saturated carbocycles. The van der Waals surface area contributed by atoms with Crippen molar-refractivity contribution in [1.29, 1.82) is 0 Å². The number of para-hydroxylation sites is 2. The Morgan fingerprint density at radius 1 is 1.11 bits per heavy atom. The van der Waals surface area contributed by atoms with Crippen LogP contribution in [0.1, 0.15) is 37.6 Å². The summed E-state index contributed by atoms with van der Waals surface area (Å²) < 4.78 is 7.47. The van der Waals surface area contributed by atoms with E-state index in [-0.39, 0.29) is 5.91 Å². The lowest BCUT2D eigenvalue weighted by atomic mass is 10.1. The minimum atomic E-state index is 0.0460. The van der Waals surface area contributed by atoms with Crippen molar-refractivity contribution in [1.82, 2.24) is 14.9 Å². The number of nitrogens with one attached hydrogen (secondary N) is 1. The summed E-state index contributed by atoms with van der Waals surface area (Å²) in [6.45, 7) is 3.86. The van der Waals surface area contributed by atoms with Crippen LogP contribution in [-0.4, -0.2) is 29.1 Å². The largest absolute Gasteiger partial charge is 0.497 e. The number of carbonyl (C=O) groups is 1. The van der Waals surface area contributed by atoms with Gasteiger partial charge in [-0.2, -0.15) is 0 Å². The van der Waals surface area contributed by atoms with E-state index in [1.807, 2.05) is 30.3 Å². The van der Waals surface area contributed by atoms with Gasteiger partial charge in [0.05, 0.1) is 24.6 Å². The van der Waals surface area contributed by atoms with E-state index in [0.717, 1.165) is 54.9 Å². The highest BCUT2D eigenvalue weighted by molar-refractivity contribution is 5.78. The summed E-state index contributed by atoms with van der Waals surface area (Å²) in [4.78, 5) is 17.0. The van der Waals surface area contributed by atoms with E-state index in [0.29, 0.717) is 13.0 Å². The molecule has 148 valence electrons. The molecule has 2 aromatic carbocycles. The molecule has 1 amide bonds. The number of imidazole rings is 1. The normalized spacial score (nSPS) is 10.9. The van der Waals surface area contributed by atoms with Gasteiger partial charge in [0.1, 0.15) is 11.6 Å². The first-order chi connectivity index (χ1) is 13.7. The van der Waals surface area contributed by atoms with Gasteiger partial charge < -0.3 is 14.6 Å². The van der Waals surface area contributed by atoms with Crippen LogP contribution in [0.15, 0.2) is 48.5 Å². The predicted molar refractivity (Wildman–Crippen MR) is 113 cm³/mol. The van der Waals surface area contributed by atoms with Gasteiger partial charge in [-0.15, -0.1) is 0 Å². The summed E-state index contributed by atoms with van der Waals surface area (Å²) in [5.74, 6) is 1.96. The number of nitrogens with zero attached hydrogens (tertiary/aromatic N) is 2. The third-order valence-electron chi connectivity index (χ3n) is 4.89. The van der Waals surface area contributed by atoms with Crippen LogP contribution in [0, 0.1) is 0 Å². The Hall–Kier alpha value is -2.82. The minimum absolute atomic E-state index is 0.0460. The van der Waals surface area contributed by atoms with Crippen molar-refractivity contribution in [2.45, 2.75) is 45.6 Å². The van der Waals surface area contributed by atoms with Gasteiger partial charge in [0.15, 0.2) is 0 Å². The fourth-order valence-electron chi connectivity index (χ4n) is 3.35. The second-order valence-corrected chi connectivity index (χ2v) is 7.00. The molecule has 0 bridgehead atoms. The number of methoxy groups -OCH3 is 1. The van der Waals surface area contributed by atoms with E-state index in [4.69, 9.17) is 9.72 Å². The SMILES string of the molecule is CCCCn1c(CCCNC(=O)Cc2ccc(OC)cc2)nc2ccccc21. The van der Waals surface area contributed by atoms with Gasteiger partial charge >= 0.3 is 0 Å². The van der Waals surface area contributed by atoms with E-state index in [2.05, 4.69) is 35.0 Å². The Morgan fingerprint density at radius 2 is 1.89 bits per heavy atom. The predicted octanol–water partition coefficient (Wildman–Crippen LogP) is 4.14. The molecule has 5 heteroatoms. The van der Waals surface area contributed by atoms with Crippen LogP contribution >= 0.6 is 0 Å². The van der Waals surface area contributed by atoms with Gasteiger partial charge in [0.25, 0.3) is 0 Å². The zero-order chi connectivity index (χ0) is 19.8. The lowest BCUT2D eigenvalue weighted by Crippen LogP contribution is -2.26. The first-order valence-corrected chi connectivity index (χ1v) is 10.0. The Balaban J connectivity index is 1.51. The molecule has 0 aliphatic rings. The van der Waals surface area contributed by atoms with Crippen molar-refractivity contribution in [2.75, 3.05) is 13.7 Å². The van der Waals surface area contributed by atoms with Crippen molar-refractivity contribution in [2.24, 2.45) is 0 Å². The molecule has 0 spiro atoms. The average molecular weight is 380 g/mol. The zero-order valence-electron chi connectivity index (χ0n) is 16.8. The second kappa shape index (κ2) is 9.93. The molecule has 5 nitrogen and oxygen atoms in total. The standard InChI is InChI=1S/C23H29N3O2/c1-3-4-16-26-21-9-6-5-8-20(21)25-22(26)10-7-15-24-23(27)17-18-11-13-19(28-2)14-12-18/h5-6,8-9,11-14H,3-4,7,10,15-17H2,1-2H3,(H,24,27). The number of ether oxygens (including phenoxy) is 1. The molecule has 0 fully saturated rings. The number of aromatic nitrogens is 2. The summed E-state index contributed by atoms with van der Waals surface area (Å²) in [6, 6.07) is 15.9. The number of amides is 1. The molecule has 3 aromatic rings. The molecule has 1 N–H and O–H groups in total. The van der Waals surface area contributed by atoms with Crippen molar-refractivity contribution < 1.29 is 9.53 Å². The topological polar surface area (TPSA) is 56.2 Å². The fourth-order valence-corrected chi connectivity index (χ4v) is 3.35. The lowest BCUT2D eigenvalue weighted by Gasteiger charge is -2.09. The first-order valence-electron chi connectivity index (χ1n) is 10.0. The second-order valence-electron chi connectivity index (χ2n) is 7.00. The summed E-state index contributed by atoms with van der Waals surface area (Å²) >= 11 is 0. The molecule has 0 atom stereocenters. The molecule has 0 aliphatic carbocycles. The van der Waals surface area contributed by atoms with E-state index >= 15 is 0 Å². The van der Waals surface area contributed by atoms with Crippen LogP contribution in [0.4, 0.5) is 0 Å². The molecular formula is C23H29N3O2. The van der Waals surface area contributed by atoms with E-state index in [1.54, 1.807) is 7.11 Å². The number of hydrogen-bond donors (Lipinski definition) is 1. The molecule has 0 aliphatic heterocycles. The molecule has 1 aromatic heterocycles. The molecule has 28 heavy (non-hydrogen) atoms. The molecule has 0 unspecified atom stereocenters. The van der Waals surface area contributed by atoms with Crippen molar-refractivity contribution in [3.8, 4) is 5.75 Å². The third-order valence-corrected chi connectivity index (χ3v) is 4.89. The molecule has 0 saturated heterocycles. The summed E-state index contributed by atoms with van der Waals surface area (Å²) in [5.41, 5.74) is 3.24. The van der Waals surface area contributed by atoms with Crippen molar-refractivity contribution in [3.63, 3.8) is 0 Å². The van der Waals surface area contributed by atoms with Crippen LogP contribution in [0.3, 0.4) is 0 Å². The number of carbonyl (C=O) groups excluding carboxylic acids is 1. The summed E-state index contributed by atoms with van der Waals surface area (Å²) in [6.07, 6.45) is 4.43. The highest BCUT2D eigenvalue weighted by atomic mass is 16.5. The number of fused-ring (bicyclic) bond motifs is 1. The maximum Gasteiger partial charge on any atom is 0.224 e. The van der Waals surface area contributed by atoms with Gasteiger partial charge in [-0.3, -0.25) is 4.79 Å². The zero-order valence-corrected chi connectivity index (χ0v) is 16.8. The summed E-state index contributed by atoms with van der Waals surface area (Å²) in [7, 11) is 1.64. The Bertz CT molecular complexity index is 900. The maximum absolute atomic E-state index is 12.2. The smallest absolute Gasteiger partial charge is 0.224 e. The number of benzene rings is 2.